The highest BCUT2D eigenvalue weighted by Gasteiger charge is 2.14. The maximum absolute atomic E-state index is 10.4. The van der Waals surface area contributed by atoms with E-state index in [1.807, 2.05) is 0 Å². The molecule has 1 rings (SSSR count). The lowest BCUT2D eigenvalue weighted by atomic mass is 10.3. The Kier molecular flexibility index (Phi) is 2.11. The summed E-state index contributed by atoms with van der Waals surface area (Å²) in [6.07, 6.45) is 0. The van der Waals surface area contributed by atoms with E-state index in [0.29, 0.717) is 5.15 Å². The highest BCUT2D eigenvalue weighted by Crippen LogP contribution is 2.23. The van der Waals surface area contributed by atoms with Crippen LogP contribution in [0, 0.1) is 0 Å². The second-order valence-electron chi connectivity index (χ2n) is 2.04. The molecule has 0 unspecified atom stereocenters. The lowest BCUT2D eigenvalue weighted by molar-refractivity contribution is 0.0697. The lowest BCUT2D eigenvalue weighted by Gasteiger charge is -1.94. The third-order valence-electron chi connectivity index (χ3n) is 1.33. The van der Waals surface area contributed by atoms with E-state index in [1.54, 1.807) is 7.05 Å². The van der Waals surface area contributed by atoms with Crippen molar-refractivity contribution in [3.05, 3.63) is 21.9 Å². The first-order valence-electron chi connectivity index (χ1n) is 2.78. The summed E-state index contributed by atoms with van der Waals surface area (Å²) in [4.78, 5) is 10.4. The van der Waals surface area contributed by atoms with Gasteiger partial charge in [-0.05, 0) is 6.07 Å². The van der Waals surface area contributed by atoms with Gasteiger partial charge in [-0.1, -0.05) is 23.2 Å². The number of rotatable bonds is 1. The number of halogens is 2. The van der Waals surface area contributed by atoms with Crippen LogP contribution in [0.3, 0.4) is 0 Å². The molecule has 1 aromatic heterocycles. The molecule has 0 aliphatic carbocycles. The smallest absolute Gasteiger partial charge is 0.338 e. The lowest BCUT2D eigenvalue weighted by Crippen LogP contribution is -1.95. The second kappa shape index (κ2) is 2.75. The van der Waals surface area contributed by atoms with E-state index >= 15 is 0 Å². The molecule has 11 heavy (non-hydrogen) atoms. The van der Waals surface area contributed by atoms with Gasteiger partial charge in [-0.2, -0.15) is 0 Å². The van der Waals surface area contributed by atoms with Crippen LogP contribution in [0.15, 0.2) is 6.07 Å². The molecule has 0 radical (unpaired) electrons. The van der Waals surface area contributed by atoms with Gasteiger partial charge in [0.1, 0.15) is 10.3 Å². The van der Waals surface area contributed by atoms with Crippen LogP contribution in [0.1, 0.15) is 10.4 Å². The van der Waals surface area contributed by atoms with E-state index in [9.17, 15) is 4.79 Å². The molecule has 0 fully saturated rings. The number of aromatic nitrogens is 1. The molecule has 0 aromatic carbocycles. The molecule has 0 aliphatic heterocycles. The van der Waals surface area contributed by atoms with Gasteiger partial charge in [0.05, 0.1) is 5.56 Å². The van der Waals surface area contributed by atoms with Crippen molar-refractivity contribution in [3.63, 3.8) is 0 Å². The van der Waals surface area contributed by atoms with E-state index in [2.05, 4.69) is 0 Å². The molecule has 0 atom stereocenters. The predicted octanol–water partition coefficient (Wildman–Crippen LogP) is 2.03. The topological polar surface area (TPSA) is 42.2 Å². The molecule has 1 N–H and O–H groups in total. The van der Waals surface area contributed by atoms with Crippen LogP contribution >= 0.6 is 23.2 Å². The van der Waals surface area contributed by atoms with E-state index in [4.69, 9.17) is 28.3 Å². The van der Waals surface area contributed by atoms with E-state index in [1.165, 1.54) is 10.6 Å². The van der Waals surface area contributed by atoms with Crippen molar-refractivity contribution in [1.29, 1.82) is 0 Å². The Morgan fingerprint density at radius 3 is 2.36 bits per heavy atom. The standard InChI is InChI=1S/C6H5Cl2NO2/c1-9-4(7)2-3(5(9)8)6(10)11/h2H,1H3,(H,10,11). The fourth-order valence-electron chi connectivity index (χ4n) is 0.700. The first kappa shape index (κ1) is 8.43. The molecule has 1 aromatic rings. The SMILES string of the molecule is Cn1c(Cl)cc(C(=O)O)c1Cl. The van der Waals surface area contributed by atoms with Gasteiger partial charge in [0.2, 0.25) is 0 Å². The summed E-state index contributed by atoms with van der Waals surface area (Å²) in [7, 11) is 1.59. The largest absolute Gasteiger partial charge is 0.478 e. The summed E-state index contributed by atoms with van der Waals surface area (Å²) < 4.78 is 1.40. The molecule has 3 nitrogen and oxygen atoms in total. The first-order valence-corrected chi connectivity index (χ1v) is 3.53. The van der Waals surface area contributed by atoms with Crippen LogP contribution in [0.2, 0.25) is 10.3 Å². The molecule has 1 heterocycles. The first-order chi connectivity index (χ1) is 5.04. The van der Waals surface area contributed by atoms with Gasteiger partial charge >= 0.3 is 5.97 Å². The Balaban J connectivity index is 3.29. The van der Waals surface area contributed by atoms with Gasteiger partial charge in [0.25, 0.3) is 0 Å². The Hall–Kier alpha value is -0.670. The molecule has 60 valence electrons. The summed E-state index contributed by atoms with van der Waals surface area (Å²) >= 11 is 11.2. The normalized spacial score (nSPS) is 10.1. The van der Waals surface area contributed by atoms with Crippen molar-refractivity contribution in [3.8, 4) is 0 Å². The summed E-state index contributed by atoms with van der Waals surface area (Å²) in [5.41, 5.74) is 0.0270. The number of carboxylic acid groups (broad SMARTS) is 1. The molecular weight excluding hydrogens is 189 g/mol. The average molecular weight is 194 g/mol. The van der Waals surface area contributed by atoms with Crippen LogP contribution in [0.25, 0.3) is 0 Å². The van der Waals surface area contributed by atoms with Crippen molar-refractivity contribution < 1.29 is 9.90 Å². The fraction of sp³-hybridized carbons (Fsp3) is 0.167. The van der Waals surface area contributed by atoms with Gasteiger partial charge < -0.3 is 9.67 Å². The van der Waals surface area contributed by atoms with Crippen molar-refractivity contribution in [2.45, 2.75) is 0 Å². The number of carboxylic acids is 1. The number of hydrogen-bond acceptors (Lipinski definition) is 1. The summed E-state index contributed by atoms with van der Waals surface area (Å²) in [5, 5.41) is 9.00. The van der Waals surface area contributed by atoms with Crippen LogP contribution in [0.5, 0.6) is 0 Å². The maximum atomic E-state index is 10.4. The molecule has 5 heteroatoms. The summed E-state index contributed by atoms with van der Waals surface area (Å²) in [5.74, 6) is -1.07. The van der Waals surface area contributed by atoms with Crippen molar-refractivity contribution in [1.82, 2.24) is 4.57 Å². The Bertz CT molecular complexity index is 306. The number of nitrogens with zero attached hydrogens (tertiary/aromatic N) is 1. The average Bonchev–Trinajstić information content (AvgIpc) is 2.17. The van der Waals surface area contributed by atoms with Crippen LogP contribution < -0.4 is 0 Å². The van der Waals surface area contributed by atoms with Crippen LogP contribution in [-0.2, 0) is 7.05 Å². The van der Waals surface area contributed by atoms with Crippen molar-refractivity contribution >= 4 is 29.2 Å². The van der Waals surface area contributed by atoms with Gasteiger partial charge in [-0.3, -0.25) is 0 Å². The van der Waals surface area contributed by atoms with Crippen molar-refractivity contribution in [2.24, 2.45) is 7.05 Å². The number of carbonyl (C=O) groups is 1. The van der Waals surface area contributed by atoms with E-state index < -0.39 is 5.97 Å². The molecule has 0 saturated carbocycles. The monoisotopic (exact) mass is 193 g/mol. The van der Waals surface area contributed by atoms with Crippen molar-refractivity contribution in [2.75, 3.05) is 0 Å². The highest BCUT2D eigenvalue weighted by molar-refractivity contribution is 6.36. The molecule has 0 bridgehead atoms. The van der Waals surface area contributed by atoms with Crippen LogP contribution in [0.4, 0.5) is 0 Å². The number of aromatic carboxylic acids is 1. The highest BCUT2D eigenvalue weighted by atomic mass is 35.5. The predicted molar refractivity (Wildman–Crippen MR) is 42.4 cm³/mol. The van der Waals surface area contributed by atoms with Gasteiger partial charge in [-0.25, -0.2) is 4.79 Å². The summed E-state index contributed by atoms with van der Waals surface area (Å²) in [6.45, 7) is 0. The zero-order valence-corrected chi connectivity index (χ0v) is 7.15. The van der Waals surface area contributed by atoms with Gasteiger partial charge in [0, 0.05) is 7.05 Å². The third-order valence-corrected chi connectivity index (χ3v) is 2.15. The van der Waals surface area contributed by atoms with Gasteiger partial charge in [0.15, 0.2) is 0 Å². The third kappa shape index (κ3) is 1.34. The van der Waals surface area contributed by atoms with E-state index in [-0.39, 0.29) is 10.7 Å². The minimum atomic E-state index is -1.07. The molecular formula is C6H5Cl2NO2. The zero-order valence-electron chi connectivity index (χ0n) is 5.64. The summed E-state index contributed by atoms with van der Waals surface area (Å²) in [6, 6.07) is 1.31. The zero-order chi connectivity index (χ0) is 8.59. The Labute approximate surface area is 73.1 Å². The Morgan fingerprint density at radius 2 is 2.18 bits per heavy atom. The van der Waals surface area contributed by atoms with Gasteiger partial charge in [-0.15, -0.1) is 0 Å². The van der Waals surface area contributed by atoms with E-state index in [0.717, 1.165) is 0 Å². The Morgan fingerprint density at radius 1 is 1.64 bits per heavy atom. The van der Waals surface area contributed by atoms with Crippen LogP contribution in [-0.4, -0.2) is 15.6 Å². The number of hydrogen-bond donors (Lipinski definition) is 1. The maximum Gasteiger partial charge on any atom is 0.338 e. The quantitative estimate of drug-likeness (QED) is 0.742. The minimum Gasteiger partial charge on any atom is -0.478 e. The molecule has 0 saturated heterocycles. The molecule has 0 aliphatic rings. The minimum absolute atomic E-state index is 0.0270. The molecule has 0 amide bonds. The fourth-order valence-corrected chi connectivity index (χ4v) is 1.16. The second-order valence-corrected chi connectivity index (χ2v) is 2.78. The molecule has 0 spiro atoms.